The second kappa shape index (κ2) is 10.8. The zero-order valence-corrected chi connectivity index (χ0v) is 24.8. The minimum atomic E-state index is -1.04. The number of aromatic carboxylic acids is 1. The minimum Gasteiger partial charge on any atom is -0.491 e. The molecule has 0 amide bonds. The first-order chi connectivity index (χ1) is 20.2. The Morgan fingerprint density at radius 2 is 2.02 bits per heavy atom. The van der Waals surface area contributed by atoms with Gasteiger partial charge in [0.15, 0.2) is 0 Å². The van der Waals surface area contributed by atoms with Gasteiger partial charge in [0.05, 0.1) is 38.8 Å². The van der Waals surface area contributed by atoms with Crippen LogP contribution >= 0.6 is 22.9 Å². The third kappa shape index (κ3) is 4.79. The van der Waals surface area contributed by atoms with Crippen molar-refractivity contribution in [1.82, 2.24) is 19.4 Å². The van der Waals surface area contributed by atoms with E-state index in [0.29, 0.717) is 61.1 Å². The summed E-state index contributed by atoms with van der Waals surface area (Å²) in [6, 6.07) is 11.4. The number of benzene rings is 2. The van der Waals surface area contributed by atoms with Gasteiger partial charge in [0.1, 0.15) is 24.3 Å². The van der Waals surface area contributed by atoms with Crippen molar-refractivity contribution >= 4 is 50.0 Å². The molecule has 0 bridgehead atoms. The van der Waals surface area contributed by atoms with Crippen LogP contribution in [0, 0.1) is 25.2 Å². The van der Waals surface area contributed by atoms with E-state index in [2.05, 4.69) is 16.0 Å². The molecule has 0 saturated heterocycles. The van der Waals surface area contributed by atoms with Gasteiger partial charge in [-0.25, -0.2) is 9.78 Å². The number of thiophene rings is 1. The molecule has 9 nitrogen and oxygen atoms in total. The van der Waals surface area contributed by atoms with E-state index in [9.17, 15) is 20.0 Å². The van der Waals surface area contributed by atoms with Crippen LogP contribution in [-0.2, 0) is 19.5 Å². The van der Waals surface area contributed by atoms with Crippen LogP contribution in [0.2, 0.25) is 5.02 Å². The number of halogens is 1. The van der Waals surface area contributed by atoms with Gasteiger partial charge in [-0.3, -0.25) is 14.3 Å². The lowest BCUT2D eigenvalue weighted by molar-refractivity contribution is 0.0699. The van der Waals surface area contributed by atoms with Crippen LogP contribution in [0.4, 0.5) is 0 Å². The Morgan fingerprint density at radius 1 is 1.21 bits per heavy atom. The quantitative estimate of drug-likeness (QED) is 0.268. The number of nitrogens with zero attached hydrogens (tertiary/aromatic N) is 5. The lowest BCUT2D eigenvalue weighted by Crippen LogP contribution is -2.30. The van der Waals surface area contributed by atoms with Crippen molar-refractivity contribution in [2.24, 2.45) is 0 Å². The van der Waals surface area contributed by atoms with Gasteiger partial charge in [0, 0.05) is 40.3 Å². The number of aryl methyl sites for hydroxylation is 2. The van der Waals surface area contributed by atoms with Crippen LogP contribution in [0.3, 0.4) is 0 Å². The number of hydrogen-bond donors (Lipinski definition) is 1. The van der Waals surface area contributed by atoms with Gasteiger partial charge in [-0.2, -0.15) is 5.26 Å². The van der Waals surface area contributed by atoms with E-state index in [4.69, 9.17) is 21.3 Å². The number of likely N-dealkylation sites (N-methyl/N-ethyl adjacent to an activating group) is 1. The van der Waals surface area contributed by atoms with Crippen molar-refractivity contribution in [3.8, 4) is 22.9 Å². The normalized spacial score (nSPS) is 13.3. The summed E-state index contributed by atoms with van der Waals surface area (Å²) in [5.41, 5.74) is 5.33. The Morgan fingerprint density at radius 3 is 2.79 bits per heavy atom. The molecule has 1 aliphatic rings. The number of hydrogen-bond acceptors (Lipinski definition) is 8. The molecule has 2 aromatic carbocycles. The number of rotatable bonds is 6. The summed E-state index contributed by atoms with van der Waals surface area (Å²) < 4.78 is 8.49. The minimum absolute atomic E-state index is 0.146. The van der Waals surface area contributed by atoms with E-state index in [0.717, 1.165) is 29.7 Å². The lowest BCUT2D eigenvalue weighted by Gasteiger charge is -2.26. The molecule has 0 unspecified atom stereocenters. The molecule has 5 aromatic rings. The van der Waals surface area contributed by atoms with E-state index in [-0.39, 0.29) is 24.3 Å². The van der Waals surface area contributed by atoms with Gasteiger partial charge in [-0.05, 0) is 68.8 Å². The summed E-state index contributed by atoms with van der Waals surface area (Å²) in [6.07, 6.45) is 0.809. The first-order valence-corrected chi connectivity index (χ1v) is 14.6. The first-order valence-electron chi connectivity index (χ1n) is 13.4. The van der Waals surface area contributed by atoms with Gasteiger partial charge in [-0.1, -0.05) is 11.6 Å². The second-order valence-electron chi connectivity index (χ2n) is 10.4. The molecule has 3 aromatic heterocycles. The number of aromatic nitrogens is 3. The van der Waals surface area contributed by atoms with Crippen LogP contribution < -0.4 is 10.3 Å². The standard InChI is InChI=1S/C31H26ClN5O4S/c1-16-10-21(29-28(34-16)24(15-42-29)31(39)40)20-12-19(32)4-5-26(20)41-9-8-37-17(2)35-25-11-18-6-7-36(3)14-23(18)22(13-33)27(25)30(37)38/h4-5,10-12,15H,6-9,14H2,1-3H3,(H,39,40). The molecule has 42 heavy (non-hydrogen) atoms. The average Bonchev–Trinajstić information content (AvgIpc) is 3.38. The summed E-state index contributed by atoms with van der Waals surface area (Å²) in [4.78, 5) is 36.8. The summed E-state index contributed by atoms with van der Waals surface area (Å²) in [5.74, 6) is 0.0334. The monoisotopic (exact) mass is 599 g/mol. The molecule has 0 aliphatic carbocycles. The largest absolute Gasteiger partial charge is 0.491 e. The van der Waals surface area contributed by atoms with E-state index < -0.39 is 5.97 Å². The Bertz CT molecular complexity index is 2030. The third-order valence-electron chi connectivity index (χ3n) is 7.63. The SMILES string of the molecule is Cc1cc(-c2cc(Cl)ccc2OCCn2c(C)nc3cc4c(c(C#N)c3c2=O)CN(C)CC4)c2scc(C(=O)O)c2n1. The summed E-state index contributed by atoms with van der Waals surface area (Å²) in [6.45, 7) is 5.46. The maximum Gasteiger partial charge on any atom is 0.338 e. The fourth-order valence-electron chi connectivity index (χ4n) is 5.61. The van der Waals surface area contributed by atoms with E-state index in [1.807, 2.05) is 26.1 Å². The van der Waals surface area contributed by atoms with E-state index >= 15 is 0 Å². The number of carboxylic acid groups (broad SMARTS) is 1. The number of carboxylic acids is 1. The highest BCUT2D eigenvalue weighted by Crippen LogP contribution is 2.40. The Hall–Kier alpha value is -4.30. The fourth-order valence-corrected chi connectivity index (χ4v) is 6.79. The first kappa shape index (κ1) is 27.8. The Labute approximate surface area is 250 Å². The van der Waals surface area contributed by atoms with Crippen LogP contribution in [0.1, 0.15) is 38.6 Å². The summed E-state index contributed by atoms with van der Waals surface area (Å²) in [7, 11) is 2.00. The lowest BCUT2D eigenvalue weighted by atomic mass is 9.92. The van der Waals surface area contributed by atoms with Gasteiger partial charge in [0.2, 0.25) is 0 Å². The zero-order chi connectivity index (χ0) is 29.7. The number of fused-ring (bicyclic) bond motifs is 3. The van der Waals surface area contributed by atoms with Crippen molar-refractivity contribution in [3.63, 3.8) is 0 Å². The predicted molar refractivity (Wildman–Crippen MR) is 163 cm³/mol. The topological polar surface area (TPSA) is 121 Å². The number of pyridine rings is 1. The molecule has 0 radical (unpaired) electrons. The summed E-state index contributed by atoms with van der Waals surface area (Å²) >= 11 is 7.68. The van der Waals surface area contributed by atoms with Gasteiger partial charge in [-0.15, -0.1) is 11.3 Å². The number of carbonyl (C=O) groups is 1. The molecule has 0 atom stereocenters. The molecule has 0 saturated carbocycles. The second-order valence-corrected chi connectivity index (χ2v) is 11.7. The maximum atomic E-state index is 13.7. The van der Waals surface area contributed by atoms with Crippen molar-refractivity contribution < 1.29 is 14.6 Å². The molecule has 0 fully saturated rings. The molecule has 212 valence electrons. The number of ether oxygens (including phenoxy) is 1. The predicted octanol–water partition coefficient (Wildman–Crippen LogP) is 5.58. The Kier molecular flexibility index (Phi) is 7.19. The molecule has 1 N–H and O–H groups in total. The van der Waals surface area contributed by atoms with Crippen molar-refractivity contribution in [2.45, 2.75) is 33.4 Å². The van der Waals surface area contributed by atoms with Gasteiger partial charge in [0.25, 0.3) is 5.56 Å². The van der Waals surface area contributed by atoms with Crippen LogP contribution in [-0.4, -0.2) is 50.7 Å². The molecule has 11 heteroatoms. The molecule has 1 aliphatic heterocycles. The molecule has 0 spiro atoms. The molecule has 6 rings (SSSR count). The van der Waals surface area contributed by atoms with Gasteiger partial charge >= 0.3 is 5.97 Å². The Balaban J connectivity index is 1.36. The van der Waals surface area contributed by atoms with Crippen LogP contribution in [0.15, 0.2) is 40.5 Å². The van der Waals surface area contributed by atoms with Crippen LogP contribution in [0.5, 0.6) is 5.75 Å². The van der Waals surface area contributed by atoms with Crippen molar-refractivity contribution in [3.05, 3.63) is 84.9 Å². The van der Waals surface area contributed by atoms with Crippen molar-refractivity contribution in [1.29, 1.82) is 5.26 Å². The highest BCUT2D eigenvalue weighted by Gasteiger charge is 2.23. The third-order valence-corrected chi connectivity index (χ3v) is 8.86. The van der Waals surface area contributed by atoms with Crippen molar-refractivity contribution in [2.75, 3.05) is 20.2 Å². The highest BCUT2D eigenvalue weighted by atomic mass is 35.5. The smallest absolute Gasteiger partial charge is 0.338 e. The molecular weight excluding hydrogens is 574 g/mol. The van der Waals surface area contributed by atoms with E-state index in [1.165, 1.54) is 11.3 Å². The number of nitriles is 1. The fraction of sp³-hybridized carbons (Fsp3) is 0.258. The van der Waals surface area contributed by atoms with Crippen LogP contribution in [0.25, 0.3) is 32.2 Å². The maximum absolute atomic E-state index is 13.7. The zero-order valence-electron chi connectivity index (χ0n) is 23.2. The van der Waals surface area contributed by atoms with E-state index in [1.54, 1.807) is 35.1 Å². The molecule has 4 heterocycles. The average molecular weight is 600 g/mol. The van der Waals surface area contributed by atoms with Gasteiger partial charge < -0.3 is 14.7 Å². The molecular formula is C31H26ClN5O4S. The summed E-state index contributed by atoms with van der Waals surface area (Å²) in [5, 5.41) is 22.1. The highest BCUT2D eigenvalue weighted by molar-refractivity contribution is 7.18.